The third kappa shape index (κ3) is 4.40. The first kappa shape index (κ1) is 17.5. The molecule has 134 valence electrons. The molecule has 2 aromatic heterocycles. The van der Waals surface area contributed by atoms with Crippen molar-refractivity contribution < 1.29 is 4.79 Å². The molecule has 1 saturated heterocycles. The first-order valence-electron chi connectivity index (χ1n) is 8.27. The maximum absolute atomic E-state index is 11.6. The van der Waals surface area contributed by atoms with Gasteiger partial charge in [-0.1, -0.05) is 0 Å². The number of rotatable bonds is 6. The van der Waals surface area contributed by atoms with Gasteiger partial charge in [0.1, 0.15) is 11.9 Å². The highest BCUT2D eigenvalue weighted by Crippen LogP contribution is 2.20. The Bertz CT molecular complexity index is 809. The maximum Gasteiger partial charge on any atom is 0.271 e. The molecule has 0 radical (unpaired) electrons. The number of nitriles is 1. The average molecular weight is 353 g/mol. The number of hydrogen-bond acceptors (Lipinski definition) is 9. The Balaban J connectivity index is 1.74. The van der Waals surface area contributed by atoms with Crippen LogP contribution in [0.1, 0.15) is 29.0 Å². The number of nitrogens with one attached hydrogen (secondary N) is 3. The average Bonchev–Trinajstić information content (AvgIpc) is 2.68. The number of hydrogen-bond donors (Lipinski definition) is 4. The lowest BCUT2D eigenvalue weighted by Crippen LogP contribution is -2.31. The molecular formula is C16H19N9O. The van der Waals surface area contributed by atoms with Crippen LogP contribution in [0.5, 0.6) is 0 Å². The van der Waals surface area contributed by atoms with E-state index in [0.717, 1.165) is 32.5 Å². The molecule has 0 spiro atoms. The lowest BCUT2D eigenvalue weighted by atomic mass is 9.98. The molecule has 0 unspecified atom stereocenters. The van der Waals surface area contributed by atoms with Gasteiger partial charge < -0.3 is 21.7 Å². The van der Waals surface area contributed by atoms with E-state index in [9.17, 15) is 4.79 Å². The molecule has 1 aliphatic rings. The van der Waals surface area contributed by atoms with Gasteiger partial charge in [0.15, 0.2) is 17.2 Å². The Morgan fingerprint density at radius 1 is 1.27 bits per heavy atom. The van der Waals surface area contributed by atoms with Gasteiger partial charge in [0.25, 0.3) is 5.91 Å². The van der Waals surface area contributed by atoms with Gasteiger partial charge >= 0.3 is 0 Å². The van der Waals surface area contributed by atoms with Crippen molar-refractivity contribution in [2.75, 3.05) is 30.3 Å². The zero-order valence-electron chi connectivity index (χ0n) is 14.1. The fourth-order valence-electron chi connectivity index (χ4n) is 2.69. The molecule has 0 aromatic carbocycles. The van der Waals surface area contributed by atoms with Gasteiger partial charge in [-0.25, -0.2) is 9.97 Å². The molecule has 10 heteroatoms. The Morgan fingerprint density at radius 2 is 2.08 bits per heavy atom. The molecule has 1 amide bonds. The zero-order valence-corrected chi connectivity index (χ0v) is 14.1. The lowest BCUT2D eigenvalue weighted by Gasteiger charge is -2.23. The summed E-state index contributed by atoms with van der Waals surface area (Å²) in [5.74, 6) is 0.678. The molecule has 1 fully saturated rings. The second-order valence-corrected chi connectivity index (χ2v) is 5.95. The number of piperidine rings is 1. The summed E-state index contributed by atoms with van der Waals surface area (Å²) < 4.78 is 0. The van der Waals surface area contributed by atoms with Crippen LogP contribution < -0.4 is 21.7 Å². The lowest BCUT2D eigenvalue weighted by molar-refractivity contribution is 0.0995. The minimum atomic E-state index is -0.643. The van der Waals surface area contributed by atoms with Crippen LogP contribution in [0.4, 0.5) is 17.3 Å². The molecule has 3 heterocycles. The Labute approximate surface area is 150 Å². The Morgan fingerprint density at radius 3 is 2.73 bits per heavy atom. The number of carbonyl (C=O) groups excluding carboxylic acids is 1. The van der Waals surface area contributed by atoms with Gasteiger partial charge in [0.2, 0.25) is 0 Å². The minimum absolute atomic E-state index is 0.0930. The van der Waals surface area contributed by atoms with E-state index in [1.807, 2.05) is 6.07 Å². The Hall–Kier alpha value is -3.32. The summed E-state index contributed by atoms with van der Waals surface area (Å²) in [5, 5.41) is 26.1. The fraction of sp³-hybridized carbons (Fsp3) is 0.375. The van der Waals surface area contributed by atoms with E-state index in [1.54, 1.807) is 6.07 Å². The number of nitrogens with two attached hydrogens (primary N) is 1. The Kier molecular flexibility index (Phi) is 5.50. The summed E-state index contributed by atoms with van der Waals surface area (Å²) in [5.41, 5.74) is 6.23. The molecule has 2 aromatic rings. The monoisotopic (exact) mass is 353 g/mol. The molecule has 0 saturated carbocycles. The van der Waals surface area contributed by atoms with Gasteiger partial charge in [-0.15, -0.1) is 10.2 Å². The second kappa shape index (κ2) is 8.17. The summed E-state index contributed by atoms with van der Waals surface area (Å²) in [7, 11) is 0. The quantitative estimate of drug-likeness (QED) is 0.577. The van der Waals surface area contributed by atoms with Gasteiger partial charge in [-0.3, -0.25) is 4.79 Å². The van der Waals surface area contributed by atoms with Gasteiger partial charge in [-0.2, -0.15) is 5.26 Å². The number of anilines is 3. The van der Waals surface area contributed by atoms with E-state index in [4.69, 9.17) is 11.0 Å². The number of nitrogens with zero attached hydrogens (tertiary/aromatic N) is 5. The van der Waals surface area contributed by atoms with E-state index >= 15 is 0 Å². The van der Waals surface area contributed by atoms with Crippen molar-refractivity contribution in [2.24, 2.45) is 11.7 Å². The fourth-order valence-corrected chi connectivity index (χ4v) is 2.69. The summed E-state index contributed by atoms with van der Waals surface area (Å²) in [6.07, 6.45) is 4.92. The molecular weight excluding hydrogens is 334 g/mol. The van der Waals surface area contributed by atoms with Crippen molar-refractivity contribution in [3.05, 3.63) is 29.8 Å². The number of primary amides is 1. The predicted molar refractivity (Wildman–Crippen MR) is 94.7 cm³/mol. The highest BCUT2D eigenvalue weighted by molar-refractivity contribution is 5.96. The smallest absolute Gasteiger partial charge is 0.271 e. The van der Waals surface area contributed by atoms with Crippen molar-refractivity contribution in [1.82, 2.24) is 25.5 Å². The van der Waals surface area contributed by atoms with Crippen molar-refractivity contribution >= 4 is 23.2 Å². The number of aromatic nitrogens is 4. The van der Waals surface area contributed by atoms with Gasteiger partial charge in [0.05, 0.1) is 18.1 Å². The van der Waals surface area contributed by atoms with Crippen LogP contribution in [-0.4, -0.2) is 45.7 Å². The first-order valence-corrected chi connectivity index (χ1v) is 8.27. The minimum Gasteiger partial charge on any atom is -0.383 e. The summed E-state index contributed by atoms with van der Waals surface area (Å²) in [6, 6.07) is 3.56. The molecule has 3 rings (SSSR count). The SMILES string of the molecule is N#Cc1cnc(Nc2cc(NCC3CCNCC3)c(C(N)=O)nn2)cn1. The van der Waals surface area contributed by atoms with Gasteiger partial charge in [-0.05, 0) is 31.8 Å². The van der Waals surface area contributed by atoms with Crippen molar-refractivity contribution in [1.29, 1.82) is 5.26 Å². The summed E-state index contributed by atoms with van der Waals surface area (Å²) in [6.45, 7) is 2.71. The summed E-state index contributed by atoms with van der Waals surface area (Å²) >= 11 is 0. The van der Waals surface area contributed by atoms with Crippen LogP contribution in [0.15, 0.2) is 18.5 Å². The largest absolute Gasteiger partial charge is 0.383 e. The molecule has 0 atom stereocenters. The standard InChI is InChI=1S/C16H19N9O/c17-6-11-8-22-14(9-20-11)23-13-5-12(15(16(18)26)25-24-13)21-7-10-1-3-19-4-2-10/h5,8-10,19H,1-4,7H2,(H2,18,26)(H2,21,22,23,24). The van der Waals surface area contributed by atoms with E-state index in [0.29, 0.717) is 23.2 Å². The molecule has 1 aliphatic heterocycles. The third-order valence-electron chi connectivity index (χ3n) is 4.09. The van der Waals surface area contributed by atoms with Crippen molar-refractivity contribution in [3.63, 3.8) is 0 Å². The molecule has 0 aliphatic carbocycles. The molecule has 0 bridgehead atoms. The van der Waals surface area contributed by atoms with E-state index in [2.05, 4.69) is 36.1 Å². The normalized spacial score (nSPS) is 14.4. The topological polar surface area (TPSA) is 155 Å². The van der Waals surface area contributed by atoms with Crippen molar-refractivity contribution in [2.45, 2.75) is 12.8 Å². The van der Waals surface area contributed by atoms with E-state index < -0.39 is 5.91 Å². The molecule has 10 nitrogen and oxygen atoms in total. The second-order valence-electron chi connectivity index (χ2n) is 5.95. The van der Waals surface area contributed by atoms with Crippen LogP contribution in [-0.2, 0) is 0 Å². The summed E-state index contributed by atoms with van der Waals surface area (Å²) in [4.78, 5) is 19.6. The number of carbonyl (C=O) groups is 1. The molecule has 26 heavy (non-hydrogen) atoms. The highest BCUT2D eigenvalue weighted by atomic mass is 16.1. The molecule has 5 N–H and O–H groups in total. The predicted octanol–water partition coefficient (Wildman–Crippen LogP) is 0.392. The van der Waals surface area contributed by atoms with E-state index in [-0.39, 0.29) is 11.4 Å². The zero-order chi connectivity index (χ0) is 18.4. The third-order valence-corrected chi connectivity index (χ3v) is 4.09. The van der Waals surface area contributed by atoms with Gasteiger partial charge in [0, 0.05) is 12.6 Å². The van der Waals surface area contributed by atoms with Crippen LogP contribution in [0.3, 0.4) is 0 Å². The van der Waals surface area contributed by atoms with E-state index in [1.165, 1.54) is 12.4 Å². The van der Waals surface area contributed by atoms with Crippen LogP contribution >= 0.6 is 0 Å². The van der Waals surface area contributed by atoms with Crippen LogP contribution in [0.2, 0.25) is 0 Å². The van der Waals surface area contributed by atoms with Crippen LogP contribution in [0, 0.1) is 17.2 Å². The highest BCUT2D eigenvalue weighted by Gasteiger charge is 2.16. The first-order chi connectivity index (χ1) is 12.7. The van der Waals surface area contributed by atoms with Crippen molar-refractivity contribution in [3.8, 4) is 6.07 Å². The maximum atomic E-state index is 11.6. The van der Waals surface area contributed by atoms with Crippen LogP contribution in [0.25, 0.3) is 0 Å². The number of amides is 1.